The van der Waals surface area contributed by atoms with Gasteiger partial charge in [0.15, 0.2) is 0 Å². The lowest BCUT2D eigenvalue weighted by atomic mass is 10.1. The summed E-state index contributed by atoms with van der Waals surface area (Å²) < 4.78 is 0. The Labute approximate surface area is 106 Å². The first-order chi connectivity index (χ1) is 8.36. The summed E-state index contributed by atoms with van der Waals surface area (Å²) in [5, 5.41) is 7.27. The van der Waals surface area contributed by atoms with Crippen LogP contribution >= 0.6 is 0 Å². The Bertz CT molecular complexity index is 200. The van der Waals surface area contributed by atoms with Crippen molar-refractivity contribution in [3.63, 3.8) is 0 Å². The van der Waals surface area contributed by atoms with Gasteiger partial charge in [0, 0.05) is 31.7 Å². The highest BCUT2D eigenvalue weighted by Crippen LogP contribution is 2.17. The van der Waals surface area contributed by atoms with Gasteiger partial charge in [-0.3, -0.25) is 0 Å². The van der Waals surface area contributed by atoms with Gasteiger partial charge in [-0.05, 0) is 32.9 Å². The Morgan fingerprint density at radius 2 is 1.94 bits per heavy atom. The maximum absolute atomic E-state index is 3.77. The van der Waals surface area contributed by atoms with Gasteiger partial charge < -0.3 is 15.5 Å². The van der Waals surface area contributed by atoms with E-state index in [4.69, 9.17) is 0 Å². The van der Waals surface area contributed by atoms with E-state index in [0.29, 0.717) is 0 Å². The Morgan fingerprint density at radius 1 is 1.18 bits per heavy atom. The van der Waals surface area contributed by atoms with Gasteiger partial charge in [0.25, 0.3) is 0 Å². The lowest BCUT2D eigenvalue weighted by Crippen LogP contribution is -2.50. The third-order valence-electron chi connectivity index (χ3n) is 4.41. The van der Waals surface area contributed by atoms with Crippen molar-refractivity contribution in [2.75, 3.05) is 33.2 Å². The van der Waals surface area contributed by atoms with Crippen LogP contribution in [0.25, 0.3) is 0 Å². The fourth-order valence-corrected chi connectivity index (χ4v) is 3.12. The molecule has 1 aliphatic carbocycles. The van der Waals surface area contributed by atoms with Gasteiger partial charge in [-0.1, -0.05) is 25.7 Å². The van der Waals surface area contributed by atoms with Crippen LogP contribution in [-0.2, 0) is 0 Å². The maximum atomic E-state index is 3.77. The van der Waals surface area contributed by atoms with Crippen molar-refractivity contribution in [2.24, 2.45) is 0 Å². The molecule has 17 heavy (non-hydrogen) atoms. The molecule has 3 heteroatoms. The molecule has 1 atom stereocenters. The number of hydrogen-bond acceptors (Lipinski definition) is 3. The van der Waals surface area contributed by atoms with E-state index in [-0.39, 0.29) is 0 Å². The number of rotatable bonds is 4. The molecule has 0 amide bonds. The summed E-state index contributed by atoms with van der Waals surface area (Å²) in [5.41, 5.74) is 0. The standard InChI is InChI=1S/C14H29N3/c1-17-11-10-15-12-14(17)8-9-16-13-6-4-2-3-5-7-13/h13-16H,2-12H2,1H3. The molecule has 3 nitrogen and oxygen atoms in total. The van der Waals surface area contributed by atoms with Crippen molar-refractivity contribution in [1.29, 1.82) is 0 Å². The largest absolute Gasteiger partial charge is 0.314 e. The number of nitrogens with one attached hydrogen (secondary N) is 2. The van der Waals surface area contributed by atoms with E-state index >= 15 is 0 Å². The molecule has 1 saturated carbocycles. The quantitative estimate of drug-likeness (QED) is 0.730. The summed E-state index contributed by atoms with van der Waals surface area (Å²) in [7, 11) is 2.26. The van der Waals surface area contributed by atoms with Crippen molar-refractivity contribution in [2.45, 2.75) is 57.0 Å². The molecule has 1 unspecified atom stereocenters. The van der Waals surface area contributed by atoms with Crippen molar-refractivity contribution >= 4 is 0 Å². The van der Waals surface area contributed by atoms with Gasteiger partial charge in [-0.15, -0.1) is 0 Å². The van der Waals surface area contributed by atoms with Gasteiger partial charge in [0.05, 0.1) is 0 Å². The van der Waals surface area contributed by atoms with Gasteiger partial charge >= 0.3 is 0 Å². The Balaban J connectivity index is 1.60. The highest BCUT2D eigenvalue weighted by molar-refractivity contribution is 4.79. The minimum atomic E-state index is 0.738. The third kappa shape index (κ3) is 4.57. The molecular formula is C14H29N3. The van der Waals surface area contributed by atoms with E-state index < -0.39 is 0 Å². The lowest BCUT2D eigenvalue weighted by molar-refractivity contribution is 0.188. The highest BCUT2D eigenvalue weighted by atomic mass is 15.2. The SMILES string of the molecule is CN1CCNCC1CCNC1CCCCCC1. The summed E-state index contributed by atoms with van der Waals surface area (Å²) in [4.78, 5) is 2.51. The summed E-state index contributed by atoms with van der Waals surface area (Å²) in [6.07, 6.45) is 9.86. The summed E-state index contributed by atoms with van der Waals surface area (Å²) in [6, 6.07) is 1.54. The van der Waals surface area contributed by atoms with Crippen molar-refractivity contribution < 1.29 is 0 Å². The molecular weight excluding hydrogens is 210 g/mol. The molecule has 0 aromatic heterocycles. The van der Waals surface area contributed by atoms with E-state index in [0.717, 1.165) is 18.6 Å². The molecule has 0 spiro atoms. The number of hydrogen-bond donors (Lipinski definition) is 2. The maximum Gasteiger partial charge on any atom is 0.0230 e. The molecule has 0 aromatic carbocycles. The molecule has 1 saturated heterocycles. The molecule has 1 heterocycles. The van der Waals surface area contributed by atoms with E-state index in [2.05, 4.69) is 22.6 Å². The van der Waals surface area contributed by atoms with Crippen molar-refractivity contribution in [3.05, 3.63) is 0 Å². The van der Waals surface area contributed by atoms with Crippen LogP contribution < -0.4 is 10.6 Å². The van der Waals surface area contributed by atoms with Gasteiger partial charge in [-0.2, -0.15) is 0 Å². The zero-order chi connectivity index (χ0) is 11.9. The average Bonchev–Trinajstić information content (AvgIpc) is 2.60. The molecule has 2 aliphatic rings. The van der Waals surface area contributed by atoms with Crippen LogP contribution in [0.15, 0.2) is 0 Å². The van der Waals surface area contributed by atoms with E-state index in [9.17, 15) is 0 Å². The molecule has 2 rings (SSSR count). The molecule has 2 fully saturated rings. The van der Waals surface area contributed by atoms with Gasteiger partial charge in [-0.25, -0.2) is 0 Å². The zero-order valence-electron chi connectivity index (χ0n) is 11.4. The summed E-state index contributed by atoms with van der Waals surface area (Å²) >= 11 is 0. The third-order valence-corrected chi connectivity index (χ3v) is 4.41. The smallest absolute Gasteiger partial charge is 0.0230 e. The van der Waals surface area contributed by atoms with Crippen molar-refractivity contribution in [1.82, 2.24) is 15.5 Å². The Kier molecular flexibility index (Phi) is 5.75. The zero-order valence-corrected chi connectivity index (χ0v) is 11.4. The van der Waals surface area contributed by atoms with E-state index in [1.54, 1.807) is 0 Å². The second-order valence-electron chi connectivity index (χ2n) is 5.77. The van der Waals surface area contributed by atoms with Crippen LogP contribution in [0.4, 0.5) is 0 Å². The molecule has 0 bridgehead atoms. The molecule has 0 radical (unpaired) electrons. The molecule has 0 aromatic rings. The summed E-state index contributed by atoms with van der Waals surface area (Å²) in [6.45, 7) is 4.72. The summed E-state index contributed by atoms with van der Waals surface area (Å²) in [5.74, 6) is 0. The highest BCUT2D eigenvalue weighted by Gasteiger charge is 2.18. The molecule has 1 aliphatic heterocycles. The number of likely N-dealkylation sites (N-methyl/N-ethyl adjacent to an activating group) is 1. The first-order valence-corrected chi connectivity index (χ1v) is 7.50. The van der Waals surface area contributed by atoms with Crippen LogP contribution in [0.5, 0.6) is 0 Å². The molecule has 100 valence electrons. The van der Waals surface area contributed by atoms with Gasteiger partial charge in [0.1, 0.15) is 0 Å². The van der Waals surface area contributed by atoms with Crippen LogP contribution in [0, 0.1) is 0 Å². The van der Waals surface area contributed by atoms with E-state index in [1.165, 1.54) is 64.6 Å². The lowest BCUT2D eigenvalue weighted by Gasteiger charge is -2.33. The van der Waals surface area contributed by atoms with Crippen LogP contribution in [0.1, 0.15) is 44.9 Å². The van der Waals surface area contributed by atoms with Crippen molar-refractivity contribution in [3.8, 4) is 0 Å². The predicted molar refractivity (Wildman–Crippen MR) is 73.4 cm³/mol. The van der Waals surface area contributed by atoms with Crippen LogP contribution in [0.3, 0.4) is 0 Å². The Hall–Kier alpha value is -0.120. The predicted octanol–water partition coefficient (Wildman–Crippen LogP) is 1.59. The second-order valence-corrected chi connectivity index (χ2v) is 5.77. The fourth-order valence-electron chi connectivity index (χ4n) is 3.12. The monoisotopic (exact) mass is 239 g/mol. The Morgan fingerprint density at radius 3 is 2.65 bits per heavy atom. The topological polar surface area (TPSA) is 27.3 Å². The first-order valence-electron chi connectivity index (χ1n) is 7.50. The fraction of sp³-hybridized carbons (Fsp3) is 1.00. The minimum Gasteiger partial charge on any atom is -0.314 e. The molecule has 2 N–H and O–H groups in total. The minimum absolute atomic E-state index is 0.738. The first kappa shape index (κ1) is 13.3. The number of piperazine rings is 1. The number of nitrogens with zero attached hydrogens (tertiary/aromatic N) is 1. The van der Waals surface area contributed by atoms with Crippen LogP contribution in [0.2, 0.25) is 0 Å². The van der Waals surface area contributed by atoms with E-state index in [1.807, 2.05) is 0 Å². The van der Waals surface area contributed by atoms with Crippen LogP contribution in [-0.4, -0.2) is 50.2 Å². The normalized spacial score (nSPS) is 29.1. The second kappa shape index (κ2) is 7.34. The average molecular weight is 239 g/mol. The van der Waals surface area contributed by atoms with Gasteiger partial charge in [0.2, 0.25) is 0 Å².